The van der Waals surface area contributed by atoms with Crippen LogP contribution in [0.3, 0.4) is 0 Å². The van der Waals surface area contributed by atoms with Gasteiger partial charge in [0.15, 0.2) is 5.12 Å². The van der Waals surface area contributed by atoms with Crippen molar-refractivity contribution in [3.05, 3.63) is 24.3 Å². The molecule has 1 aliphatic heterocycles. The summed E-state index contributed by atoms with van der Waals surface area (Å²) in [5.74, 6) is 0.556. The van der Waals surface area contributed by atoms with Crippen LogP contribution >= 0.6 is 11.8 Å². The van der Waals surface area contributed by atoms with E-state index in [9.17, 15) is 9.59 Å². The highest BCUT2D eigenvalue weighted by Crippen LogP contribution is 2.29. The van der Waals surface area contributed by atoms with E-state index in [0.717, 1.165) is 11.3 Å². The first-order valence-electron chi connectivity index (χ1n) is 6.45. The number of aromatic nitrogens is 4. The van der Waals surface area contributed by atoms with Gasteiger partial charge in [0.05, 0.1) is 0 Å². The van der Waals surface area contributed by atoms with E-state index in [-0.39, 0.29) is 16.3 Å². The highest BCUT2D eigenvalue weighted by molar-refractivity contribution is 8.14. The number of hydrogen-bond acceptors (Lipinski definition) is 6. The molecule has 3 rings (SSSR count). The Balaban J connectivity index is 1.75. The Hall–Kier alpha value is -2.22. The molecule has 2 aromatic rings. The second kappa shape index (κ2) is 5.65. The van der Waals surface area contributed by atoms with E-state index in [0.29, 0.717) is 18.8 Å². The van der Waals surface area contributed by atoms with Crippen molar-refractivity contribution in [2.75, 3.05) is 11.4 Å². The molecule has 1 saturated heterocycles. The predicted molar refractivity (Wildman–Crippen MR) is 78.6 cm³/mol. The van der Waals surface area contributed by atoms with Crippen molar-refractivity contribution in [1.29, 1.82) is 0 Å². The molecule has 0 saturated carbocycles. The molecule has 0 radical (unpaired) electrons. The minimum Gasteiger partial charge on any atom is -0.311 e. The summed E-state index contributed by atoms with van der Waals surface area (Å²) < 4.78 is 0. The minimum absolute atomic E-state index is 0.0342. The Bertz CT molecular complexity index is 656. The molecule has 1 fully saturated rings. The number of H-pyrrole nitrogens is 1. The number of amides is 1. The lowest BCUT2D eigenvalue weighted by molar-refractivity contribution is -0.117. The number of hydrogen-bond donors (Lipinski definition) is 1. The van der Waals surface area contributed by atoms with Crippen LogP contribution in [0.2, 0.25) is 0 Å². The summed E-state index contributed by atoms with van der Waals surface area (Å²) >= 11 is 1.23. The van der Waals surface area contributed by atoms with E-state index in [1.807, 2.05) is 24.3 Å². The maximum absolute atomic E-state index is 12.0. The summed E-state index contributed by atoms with van der Waals surface area (Å²) in [6, 6.07) is 7.40. The van der Waals surface area contributed by atoms with Crippen LogP contribution in [0.1, 0.15) is 13.3 Å². The largest absolute Gasteiger partial charge is 0.311 e. The third-order valence-corrected chi connectivity index (χ3v) is 4.19. The summed E-state index contributed by atoms with van der Waals surface area (Å²) in [6.07, 6.45) is 0.400. The van der Waals surface area contributed by atoms with Gasteiger partial charge in [-0.2, -0.15) is 5.21 Å². The summed E-state index contributed by atoms with van der Waals surface area (Å²) in [7, 11) is 0. The van der Waals surface area contributed by atoms with E-state index in [1.54, 1.807) is 4.90 Å². The van der Waals surface area contributed by atoms with Gasteiger partial charge >= 0.3 is 0 Å². The zero-order valence-electron chi connectivity index (χ0n) is 11.3. The second-order valence-corrected chi connectivity index (χ2v) is 6.20. The molecule has 1 unspecified atom stereocenters. The number of aromatic amines is 1. The smallest absolute Gasteiger partial charge is 0.228 e. The quantitative estimate of drug-likeness (QED) is 0.917. The lowest BCUT2D eigenvalue weighted by Crippen LogP contribution is -2.24. The fourth-order valence-electron chi connectivity index (χ4n) is 2.31. The number of thioether (sulfide) groups is 1. The number of anilines is 1. The van der Waals surface area contributed by atoms with Crippen molar-refractivity contribution >= 4 is 28.5 Å². The number of tetrazole rings is 1. The molecular formula is C13H13N5O2S. The third-order valence-electron chi connectivity index (χ3n) is 3.20. The van der Waals surface area contributed by atoms with Crippen LogP contribution in [0.4, 0.5) is 5.69 Å². The SMILES string of the molecule is CC(=O)SC1CC(=O)N(c2ccc(-c3nn[nH]n3)cc2)C1. The fourth-order valence-corrected chi connectivity index (χ4v) is 3.23. The van der Waals surface area contributed by atoms with Gasteiger partial charge in [0.1, 0.15) is 0 Å². The molecule has 8 heteroatoms. The van der Waals surface area contributed by atoms with Crippen molar-refractivity contribution in [1.82, 2.24) is 20.6 Å². The first kappa shape index (κ1) is 13.7. The Kier molecular flexibility index (Phi) is 3.70. The maximum Gasteiger partial charge on any atom is 0.228 e. The van der Waals surface area contributed by atoms with Crippen LogP contribution in [0.25, 0.3) is 11.4 Å². The number of nitrogens with one attached hydrogen (secondary N) is 1. The van der Waals surface area contributed by atoms with Gasteiger partial charge in [-0.15, -0.1) is 10.2 Å². The lowest BCUT2D eigenvalue weighted by atomic mass is 10.2. The lowest BCUT2D eigenvalue weighted by Gasteiger charge is -2.16. The summed E-state index contributed by atoms with van der Waals surface area (Å²) in [6.45, 7) is 2.09. The van der Waals surface area contributed by atoms with Crippen LogP contribution in [0.15, 0.2) is 24.3 Å². The third kappa shape index (κ3) is 2.94. The molecule has 7 nitrogen and oxygen atoms in total. The molecule has 0 bridgehead atoms. The Morgan fingerprint density at radius 2 is 2.14 bits per heavy atom. The zero-order valence-corrected chi connectivity index (χ0v) is 12.1. The van der Waals surface area contributed by atoms with Crippen molar-refractivity contribution < 1.29 is 9.59 Å². The first-order valence-corrected chi connectivity index (χ1v) is 7.33. The number of carbonyl (C=O) groups excluding carboxylic acids is 2. The van der Waals surface area contributed by atoms with Gasteiger partial charge in [0.2, 0.25) is 11.7 Å². The van der Waals surface area contributed by atoms with Crippen molar-refractivity contribution in [3.8, 4) is 11.4 Å². The Labute approximate surface area is 125 Å². The molecule has 0 spiro atoms. The molecule has 1 aromatic carbocycles. The average molecular weight is 303 g/mol. The Morgan fingerprint density at radius 3 is 2.76 bits per heavy atom. The van der Waals surface area contributed by atoms with Gasteiger partial charge in [-0.25, -0.2) is 0 Å². The van der Waals surface area contributed by atoms with E-state index < -0.39 is 0 Å². The number of carbonyl (C=O) groups is 2. The van der Waals surface area contributed by atoms with Crippen LogP contribution < -0.4 is 4.90 Å². The standard InChI is InChI=1S/C13H13N5O2S/c1-8(19)21-11-6-12(20)18(7-11)10-4-2-9(3-5-10)13-14-16-17-15-13/h2-5,11H,6-7H2,1H3,(H,14,15,16,17). The van der Waals surface area contributed by atoms with Gasteiger partial charge in [-0.1, -0.05) is 11.8 Å². The molecule has 1 atom stereocenters. The summed E-state index contributed by atoms with van der Waals surface area (Å²) in [5.41, 5.74) is 1.65. The number of rotatable bonds is 3. The maximum atomic E-state index is 12.0. The monoisotopic (exact) mass is 303 g/mol. The second-order valence-electron chi connectivity index (χ2n) is 4.72. The van der Waals surface area contributed by atoms with Crippen molar-refractivity contribution in [2.24, 2.45) is 0 Å². The molecule has 21 heavy (non-hydrogen) atoms. The molecule has 1 amide bonds. The van der Waals surface area contributed by atoms with Gasteiger partial charge in [0, 0.05) is 36.4 Å². The molecule has 108 valence electrons. The highest BCUT2D eigenvalue weighted by Gasteiger charge is 2.31. The minimum atomic E-state index is 0.0342. The van der Waals surface area contributed by atoms with Crippen LogP contribution in [0, 0.1) is 0 Å². The topological polar surface area (TPSA) is 91.8 Å². The van der Waals surface area contributed by atoms with E-state index in [1.165, 1.54) is 18.7 Å². The van der Waals surface area contributed by atoms with Gasteiger partial charge in [-0.3, -0.25) is 9.59 Å². The zero-order chi connectivity index (χ0) is 14.8. The Morgan fingerprint density at radius 1 is 1.38 bits per heavy atom. The number of nitrogens with zero attached hydrogens (tertiary/aromatic N) is 4. The predicted octanol–water partition coefficient (Wildman–Crippen LogP) is 1.25. The molecule has 1 aromatic heterocycles. The molecule has 1 aliphatic rings. The highest BCUT2D eigenvalue weighted by atomic mass is 32.2. The molecule has 1 N–H and O–H groups in total. The normalized spacial score (nSPS) is 18.2. The van der Waals surface area contributed by atoms with Gasteiger partial charge < -0.3 is 4.90 Å². The summed E-state index contributed by atoms with van der Waals surface area (Å²) in [4.78, 5) is 24.9. The molecular weight excluding hydrogens is 290 g/mol. The van der Waals surface area contributed by atoms with Crippen LogP contribution in [-0.2, 0) is 9.59 Å². The number of benzene rings is 1. The van der Waals surface area contributed by atoms with E-state index >= 15 is 0 Å². The van der Waals surface area contributed by atoms with Gasteiger partial charge in [-0.05, 0) is 29.5 Å². The van der Waals surface area contributed by atoms with E-state index in [4.69, 9.17) is 0 Å². The van der Waals surface area contributed by atoms with Gasteiger partial charge in [0.25, 0.3) is 0 Å². The van der Waals surface area contributed by atoms with Crippen LogP contribution in [-0.4, -0.2) is 43.4 Å². The van der Waals surface area contributed by atoms with Crippen molar-refractivity contribution in [2.45, 2.75) is 18.6 Å². The van der Waals surface area contributed by atoms with Crippen molar-refractivity contribution in [3.63, 3.8) is 0 Å². The van der Waals surface area contributed by atoms with E-state index in [2.05, 4.69) is 20.6 Å². The average Bonchev–Trinajstić information content (AvgIpc) is 3.08. The summed E-state index contributed by atoms with van der Waals surface area (Å²) in [5, 5.41) is 13.8. The van der Waals surface area contributed by atoms with Crippen LogP contribution in [0.5, 0.6) is 0 Å². The first-order chi connectivity index (χ1) is 10.1. The fraction of sp³-hybridized carbons (Fsp3) is 0.308. The molecule has 2 heterocycles. The molecule has 0 aliphatic carbocycles.